The van der Waals surface area contributed by atoms with Crippen LogP contribution in [-0.2, 0) is 12.4 Å². The van der Waals surface area contributed by atoms with Crippen molar-refractivity contribution in [3.05, 3.63) is 29.3 Å². The quantitative estimate of drug-likeness (QED) is 0.549. The van der Waals surface area contributed by atoms with Crippen LogP contribution in [-0.4, -0.2) is 5.75 Å². The molecule has 0 atom stereocenters. The fourth-order valence-electron chi connectivity index (χ4n) is 1.21. The van der Waals surface area contributed by atoms with Gasteiger partial charge in [-0.3, -0.25) is 0 Å². The minimum absolute atomic E-state index is 0.268. The number of hydrogen-bond donors (Lipinski definition) is 0. The Morgan fingerprint density at radius 2 is 1.59 bits per heavy atom. The van der Waals surface area contributed by atoms with E-state index in [1.165, 1.54) is 0 Å². The van der Waals surface area contributed by atoms with Gasteiger partial charge in [0.25, 0.3) is 0 Å². The second kappa shape index (κ2) is 4.80. The zero-order valence-electron chi connectivity index (χ0n) is 8.62. The molecular weight excluding hydrogens is 266 g/mol. The average Bonchev–Trinajstić information content (AvgIpc) is 2.15. The standard InChI is InChI=1S/C10H8F6S/c1-2-17-8-5-6(9(11,12)13)3-4-7(8)10(14,15)16/h3-5H,2H2,1H3. The molecule has 0 aliphatic carbocycles. The molecule has 0 aliphatic rings. The van der Waals surface area contributed by atoms with Gasteiger partial charge < -0.3 is 0 Å². The second-order valence-electron chi connectivity index (χ2n) is 3.14. The number of rotatable bonds is 2. The molecule has 0 aliphatic heterocycles. The average molecular weight is 274 g/mol. The molecular formula is C10H8F6S. The van der Waals surface area contributed by atoms with Crippen LogP contribution in [0.15, 0.2) is 23.1 Å². The van der Waals surface area contributed by atoms with Gasteiger partial charge in [-0.25, -0.2) is 0 Å². The van der Waals surface area contributed by atoms with Gasteiger partial charge in [0.2, 0.25) is 0 Å². The van der Waals surface area contributed by atoms with E-state index in [4.69, 9.17) is 0 Å². The van der Waals surface area contributed by atoms with Gasteiger partial charge in [0.05, 0.1) is 11.1 Å². The molecule has 0 fully saturated rings. The summed E-state index contributed by atoms with van der Waals surface area (Å²) in [4.78, 5) is -0.394. The van der Waals surface area contributed by atoms with Crippen LogP contribution in [0.25, 0.3) is 0 Å². The van der Waals surface area contributed by atoms with Crippen LogP contribution >= 0.6 is 11.8 Å². The first-order chi connectivity index (χ1) is 7.66. The van der Waals surface area contributed by atoms with Gasteiger partial charge >= 0.3 is 12.4 Å². The highest BCUT2D eigenvalue weighted by atomic mass is 32.2. The van der Waals surface area contributed by atoms with Crippen LogP contribution in [0.5, 0.6) is 0 Å². The Kier molecular flexibility index (Phi) is 4.01. The van der Waals surface area contributed by atoms with E-state index >= 15 is 0 Å². The Morgan fingerprint density at radius 3 is 2.00 bits per heavy atom. The van der Waals surface area contributed by atoms with Crippen molar-refractivity contribution in [1.29, 1.82) is 0 Å². The molecule has 0 unspecified atom stereocenters. The highest BCUT2D eigenvalue weighted by molar-refractivity contribution is 7.99. The van der Waals surface area contributed by atoms with Gasteiger partial charge in [-0.15, -0.1) is 11.8 Å². The van der Waals surface area contributed by atoms with E-state index in [1.807, 2.05) is 0 Å². The Balaban J connectivity index is 3.27. The van der Waals surface area contributed by atoms with Crippen LogP contribution in [0.2, 0.25) is 0 Å². The van der Waals surface area contributed by atoms with Crippen molar-refractivity contribution in [3.8, 4) is 0 Å². The van der Waals surface area contributed by atoms with Crippen molar-refractivity contribution in [2.75, 3.05) is 5.75 Å². The molecule has 0 nitrogen and oxygen atoms in total. The Bertz CT molecular complexity index is 393. The molecule has 0 N–H and O–H groups in total. The fourth-order valence-corrected chi connectivity index (χ4v) is 2.07. The molecule has 17 heavy (non-hydrogen) atoms. The van der Waals surface area contributed by atoms with E-state index in [9.17, 15) is 26.3 Å². The van der Waals surface area contributed by atoms with Gasteiger partial charge in [-0.1, -0.05) is 6.92 Å². The summed E-state index contributed by atoms with van der Waals surface area (Å²) in [5.41, 5.74) is -2.10. The van der Waals surface area contributed by atoms with Crippen LogP contribution < -0.4 is 0 Å². The maximum atomic E-state index is 12.5. The molecule has 1 aromatic carbocycles. The third kappa shape index (κ3) is 3.55. The van der Waals surface area contributed by atoms with Crippen LogP contribution in [0.3, 0.4) is 0 Å². The number of alkyl halides is 6. The number of halogens is 6. The van der Waals surface area contributed by atoms with E-state index < -0.39 is 28.4 Å². The summed E-state index contributed by atoms with van der Waals surface area (Å²) in [5.74, 6) is 0.268. The van der Waals surface area contributed by atoms with Gasteiger partial charge in [0.15, 0.2) is 0 Å². The predicted molar refractivity (Wildman–Crippen MR) is 52.8 cm³/mol. The lowest BCUT2D eigenvalue weighted by Crippen LogP contribution is -2.10. The van der Waals surface area contributed by atoms with E-state index in [0.29, 0.717) is 18.2 Å². The van der Waals surface area contributed by atoms with Crippen molar-refractivity contribution in [2.24, 2.45) is 0 Å². The molecule has 0 heterocycles. The van der Waals surface area contributed by atoms with Crippen LogP contribution in [0.4, 0.5) is 26.3 Å². The topological polar surface area (TPSA) is 0 Å². The fraction of sp³-hybridized carbons (Fsp3) is 0.400. The molecule has 7 heteroatoms. The van der Waals surface area contributed by atoms with Crippen LogP contribution in [0, 0.1) is 0 Å². The summed E-state index contributed by atoms with van der Waals surface area (Å²) in [5, 5.41) is 0. The first kappa shape index (κ1) is 14.2. The number of benzene rings is 1. The Hall–Kier alpha value is -0.850. The third-order valence-electron chi connectivity index (χ3n) is 1.91. The largest absolute Gasteiger partial charge is 0.417 e. The maximum absolute atomic E-state index is 12.5. The van der Waals surface area contributed by atoms with E-state index in [0.717, 1.165) is 11.8 Å². The molecule has 0 spiro atoms. The molecule has 96 valence electrons. The normalized spacial score (nSPS) is 12.9. The second-order valence-corrected chi connectivity index (χ2v) is 4.45. The highest BCUT2D eigenvalue weighted by Gasteiger charge is 2.36. The lowest BCUT2D eigenvalue weighted by Gasteiger charge is -2.14. The van der Waals surface area contributed by atoms with E-state index in [-0.39, 0.29) is 5.75 Å². The molecule has 0 aromatic heterocycles. The Morgan fingerprint density at radius 1 is 1.00 bits per heavy atom. The van der Waals surface area contributed by atoms with Crippen molar-refractivity contribution in [3.63, 3.8) is 0 Å². The summed E-state index contributed by atoms with van der Waals surface area (Å²) in [6.07, 6.45) is -9.27. The zero-order chi connectivity index (χ0) is 13.3. The Labute approximate surface area is 98.0 Å². The molecule has 1 rings (SSSR count). The predicted octanol–water partition coefficient (Wildman–Crippen LogP) is 4.84. The smallest absolute Gasteiger partial charge is 0.166 e. The molecule has 1 aromatic rings. The summed E-state index contributed by atoms with van der Waals surface area (Å²) in [6, 6.07) is 1.46. The van der Waals surface area contributed by atoms with E-state index in [2.05, 4.69) is 0 Å². The lowest BCUT2D eigenvalue weighted by atomic mass is 10.1. The summed E-state index contributed by atoms with van der Waals surface area (Å²) < 4.78 is 74.6. The lowest BCUT2D eigenvalue weighted by molar-refractivity contribution is -0.143. The molecule has 0 saturated heterocycles. The number of hydrogen-bond acceptors (Lipinski definition) is 1. The highest BCUT2D eigenvalue weighted by Crippen LogP contribution is 2.40. The van der Waals surface area contributed by atoms with Gasteiger partial charge in [-0.2, -0.15) is 26.3 Å². The molecule has 0 amide bonds. The summed E-state index contributed by atoms with van der Waals surface area (Å²) >= 11 is 0.739. The minimum atomic E-state index is -4.64. The van der Waals surface area contributed by atoms with Gasteiger partial charge in [0, 0.05) is 4.90 Å². The molecule has 0 saturated carbocycles. The zero-order valence-corrected chi connectivity index (χ0v) is 9.43. The maximum Gasteiger partial charge on any atom is 0.417 e. The van der Waals surface area contributed by atoms with Gasteiger partial charge in [-0.05, 0) is 24.0 Å². The van der Waals surface area contributed by atoms with Crippen molar-refractivity contribution < 1.29 is 26.3 Å². The van der Waals surface area contributed by atoms with Gasteiger partial charge in [0.1, 0.15) is 0 Å². The monoisotopic (exact) mass is 274 g/mol. The summed E-state index contributed by atoms with van der Waals surface area (Å²) in [6.45, 7) is 1.57. The van der Waals surface area contributed by atoms with Crippen molar-refractivity contribution in [2.45, 2.75) is 24.2 Å². The minimum Gasteiger partial charge on any atom is -0.166 e. The van der Waals surface area contributed by atoms with E-state index in [1.54, 1.807) is 6.92 Å². The third-order valence-corrected chi connectivity index (χ3v) is 2.85. The SMILES string of the molecule is CCSc1cc(C(F)(F)F)ccc1C(F)(F)F. The number of thioether (sulfide) groups is 1. The first-order valence-electron chi connectivity index (χ1n) is 4.57. The first-order valence-corrected chi connectivity index (χ1v) is 5.56. The van der Waals surface area contributed by atoms with Crippen molar-refractivity contribution in [1.82, 2.24) is 0 Å². The van der Waals surface area contributed by atoms with Crippen molar-refractivity contribution >= 4 is 11.8 Å². The van der Waals surface area contributed by atoms with Crippen LogP contribution in [0.1, 0.15) is 18.1 Å². The molecule has 0 bridgehead atoms. The molecule has 0 radical (unpaired) electrons. The summed E-state index contributed by atoms with van der Waals surface area (Å²) in [7, 11) is 0.